The van der Waals surface area contributed by atoms with E-state index in [0.717, 1.165) is 6.61 Å². The molecule has 1 aromatic rings. The van der Waals surface area contributed by atoms with E-state index < -0.39 is 10.0 Å². The monoisotopic (exact) mass is 313 g/mol. The molecule has 0 bridgehead atoms. The molecule has 1 aliphatic rings. The summed E-state index contributed by atoms with van der Waals surface area (Å²) >= 11 is 0. The minimum atomic E-state index is -3.60. The molecule has 1 saturated carbocycles. The van der Waals surface area contributed by atoms with Gasteiger partial charge in [-0.3, -0.25) is 0 Å². The van der Waals surface area contributed by atoms with Crippen molar-refractivity contribution in [3.63, 3.8) is 0 Å². The molecule has 0 saturated heterocycles. The molecule has 0 spiro atoms. The fourth-order valence-electron chi connectivity index (χ4n) is 1.92. The standard InChI is InChI=1S/C14H23N3O3S/c1-3-15-13-5-4-8-16-14(13)21(18,19)17(2)9-10-20-11-12-6-7-12/h4-5,8,12,15H,3,6-7,9-11H2,1-2H3. The Morgan fingerprint density at radius 1 is 1.48 bits per heavy atom. The molecule has 0 aliphatic heterocycles. The van der Waals surface area contributed by atoms with Crippen molar-refractivity contribution in [3.05, 3.63) is 18.3 Å². The summed E-state index contributed by atoms with van der Waals surface area (Å²) in [5.74, 6) is 0.683. The van der Waals surface area contributed by atoms with Crippen molar-refractivity contribution in [1.29, 1.82) is 0 Å². The largest absolute Gasteiger partial charge is 0.383 e. The Morgan fingerprint density at radius 3 is 2.90 bits per heavy atom. The smallest absolute Gasteiger partial charge is 0.262 e. The highest BCUT2D eigenvalue weighted by molar-refractivity contribution is 7.89. The van der Waals surface area contributed by atoms with Crippen LogP contribution in [0.5, 0.6) is 0 Å². The van der Waals surface area contributed by atoms with Gasteiger partial charge in [0.2, 0.25) is 0 Å². The van der Waals surface area contributed by atoms with Crippen LogP contribution in [0.3, 0.4) is 0 Å². The Balaban J connectivity index is 1.98. The Hall–Kier alpha value is -1.18. The van der Waals surface area contributed by atoms with E-state index in [0.29, 0.717) is 31.3 Å². The van der Waals surface area contributed by atoms with Gasteiger partial charge in [-0.2, -0.15) is 4.31 Å². The fourth-order valence-corrected chi connectivity index (χ4v) is 3.14. The van der Waals surface area contributed by atoms with Crippen LogP contribution in [-0.2, 0) is 14.8 Å². The summed E-state index contributed by atoms with van der Waals surface area (Å²) in [4.78, 5) is 4.02. The van der Waals surface area contributed by atoms with Gasteiger partial charge in [0.1, 0.15) is 0 Å². The molecule has 1 aromatic heterocycles. The predicted molar refractivity (Wildman–Crippen MR) is 81.8 cm³/mol. The van der Waals surface area contributed by atoms with E-state index in [9.17, 15) is 8.42 Å². The van der Waals surface area contributed by atoms with Crippen molar-refractivity contribution < 1.29 is 13.2 Å². The van der Waals surface area contributed by atoms with Crippen molar-refractivity contribution in [2.45, 2.75) is 24.8 Å². The molecule has 0 atom stereocenters. The highest BCUT2D eigenvalue weighted by Gasteiger charge is 2.26. The van der Waals surface area contributed by atoms with Gasteiger partial charge in [-0.05, 0) is 37.8 Å². The normalized spacial score (nSPS) is 15.4. The lowest BCUT2D eigenvalue weighted by Gasteiger charge is -2.18. The van der Waals surface area contributed by atoms with E-state index in [-0.39, 0.29) is 5.03 Å². The number of hydrogen-bond acceptors (Lipinski definition) is 5. The molecule has 1 heterocycles. The van der Waals surface area contributed by atoms with Crippen LogP contribution >= 0.6 is 0 Å². The first-order valence-corrected chi connectivity index (χ1v) is 8.72. The first kappa shape index (κ1) is 16.2. The lowest BCUT2D eigenvalue weighted by atomic mass is 10.4. The van der Waals surface area contributed by atoms with E-state index in [1.54, 1.807) is 19.2 Å². The molecule has 1 N–H and O–H groups in total. The van der Waals surface area contributed by atoms with Crippen molar-refractivity contribution in [1.82, 2.24) is 9.29 Å². The Morgan fingerprint density at radius 2 is 2.24 bits per heavy atom. The van der Waals surface area contributed by atoms with Gasteiger partial charge in [0.25, 0.3) is 10.0 Å². The van der Waals surface area contributed by atoms with E-state index >= 15 is 0 Å². The SMILES string of the molecule is CCNc1cccnc1S(=O)(=O)N(C)CCOCC1CC1. The van der Waals surface area contributed by atoms with Crippen LogP contribution in [0.25, 0.3) is 0 Å². The number of ether oxygens (including phenoxy) is 1. The number of pyridine rings is 1. The van der Waals surface area contributed by atoms with Crippen LogP contribution in [0.4, 0.5) is 5.69 Å². The summed E-state index contributed by atoms with van der Waals surface area (Å²) in [6.45, 7) is 4.04. The van der Waals surface area contributed by atoms with Crippen molar-refractivity contribution in [3.8, 4) is 0 Å². The summed E-state index contributed by atoms with van der Waals surface area (Å²) in [5.41, 5.74) is 0.533. The maximum atomic E-state index is 12.5. The molecule has 118 valence electrons. The molecular formula is C14H23N3O3S. The number of anilines is 1. The topological polar surface area (TPSA) is 71.5 Å². The number of nitrogens with one attached hydrogen (secondary N) is 1. The maximum absolute atomic E-state index is 12.5. The van der Waals surface area contributed by atoms with Crippen molar-refractivity contribution in [2.75, 3.05) is 38.7 Å². The van der Waals surface area contributed by atoms with E-state index in [1.807, 2.05) is 6.92 Å². The second kappa shape index (κ2) is 7.20. The minimum absolute atomic E-state index is 0.0662. The first-order valence-electron chi connectivity index (χ1n) is 7.28. The van der Waals surface area contributed by atoms with Crippen LogP contribution in [0, 0.1) is 5.92 Å². The highest BCUT2D eigenvalue weighted by atomic mass is 32.2. The van der Waals surface area contributed by atoms with Gasteiger partial charge in [0, 0.05) is 32.9 Å². The lowest BCUT2D eigenvalue weighted by Crippen LogP contribution is -2.31. The van der Waals surface area contributed by atoms with Gasteiger partial charge in [-0.1, -0.05) is 0 Å². The molecule has 0 unspecified atom stereocenters. The van der Waals surface area contributed by atoms with E-state index in [2.05, 4.69) is 10.3 Å². The summed E-state index contributed by atoms with van der Waals surface area (Å²) in [5, 5.41) is 3.09. The summed E-state index contributed by atoms with van der Waals surface area (Å²) in [6, 6.07) is 3.44. The second-order valence-corrected chi connectivity index (χ2v) is 7.19. The molecule has 21 heavy (non-hydrogen) atoms. The van der Waals surface area contributed by atoms with Crippen LogP contribution in [-0.4, -0.2) is 51.1 Å². The molecule has 1 aliphatic carbocycles. The van der Waals surface area contributed by atoms with Gasteiger partial charge >= 0.3 is 0 Å². The number of hydrogen-bond donors (Lipinski definition) is 1. The zero-order chi connectivity index (χ0) is 15.3. The number of rotatable bonds is 9. The predicted octanol–water partition coefficient (Wildman–Crippen LogP) is 1.56. The van der Waals surface area contributed by atoms with E-state index in [4.69, 9.17) is 4.74 Å². The number of sulfonamides is 1. The average molecular weight is 313 g/mol. The van der Waals surface area contributed by atoms with Crippen LogP contribution in [0.15, 0.2) is 23.4 Å². The molecule has 6 nitrogen and oxygen atoms in total. The second-order valence-electron chi connectivity index (χ2n) is 5.23. The minimum Gasteiger partial charge on any atom is -0.383 e. The molecule has 7 heteroatoms. The molecule has 0 amide bonds. The van der Waals surface area contributed by atoms with Crippen LogP contribution < -0.4 is 5.32 Å². The summed E-state index contributed by atoms with van der Waals surface area (Å²) in [7, 11) is -2.04. The van der Waals surface area contributed by atoms with Gasteiger partial charge in [0.15, 0.2) is 5.03 Å². The third kappa shape index (κ3) is 4.39. The van der Waals surface area contributed by atoms with Gasteiger partial charge in [-0.15, -0.1) is 0 Å². The van der Waals surface area contributed by atoms with Crippen molar-refractivity contribution >= 4 is 15.7 Å². The molecule has 0 radical (unpaired) electrons. The van der Waals surface area contributed by atoms with Crippen LogP contribution in [0.2, 0.25) is 0 Å². The zero-order valence-corrected chi connectivity index (χ0v) is 13.4. The number of aromatic nitrogens is 1. The molecule has 2 rings (SSSR count). The fraction of sp³-hybridized carbons (Fsp3) is 0.643. The Bertz CT molecular complexity index is 558. The van der Waals surface area contributed by atoms with Gasteiger partial charge in [0.05, 0.1) is 12.3 Å². The third-order valence-corrected chi connectivity index (χ3v) is 5.21. The Kier molecular flexibility index (Phi) is 5.55. The Labute approximate surface area is 126 Å². The highest BCUT2D eigenvalue weighted by Crippen LogP contribution is 2.28. The summed E-state index contributed by atoms with van der Waals surface area (Å²) in [6.07, 6.45) is 3.95. The summed E-state index contributed by atoms with van der Waals surface area (Å²) < 4.78 is 31.9. The molecule has 1 fully saturated rings. The first-order chi connectivity index (χ1) is 10.1. The maximum Gasteiger partial charge on any atom is 0.262 e. The quantitative estimate of drug-likeness (QED) is 0.701. The molecular weight excluding hydrogens is 290 g/mol. The number of nitrogens with zero attached hydrogens (tertiary/aromatic N) is 2. The molecule has 0 aromatic carbocycles. The van der Waals surface area contributed by atoms with Gasteiger partial charge < -0.3 is 10.1 Å². The zero-order valence-electron chi connectivity index (χ0n) is 12.6. The average Bonchev–Trinajstić information content (AvgIpc) is 3.28. The van der Waals surface area contributed by atoms with Gasteiger partial charge in [-0.25, -0.2) is 13.4 Å². The third-order valence-electron chi connectivity index (χ3n) is 3.39. The van der Waals surface area contributed by atoms with E-state index in [1.165, 1.54) is 23.3 Å². The van der Waals surface area contributed by atoms with Crippen molar-refractivity contribution in [2.24, 2.45) is 5.92 Å². The number of likely N-dealkylation sites (N-methyl/N-ethyl adjacent to an activating group) is 1. The van der Waals surface area contributed by atoms with Crippen LogP contribution in [0.1, 0.15) is 19.8 Å². The lowest BCUT2D eigenvalue weighted by molar-refractivity contribution is 0.117.